The Labute approximate surface area is 111 Å². The van der Waals surface area contributed by atoms with E-state index in [4.69, 9.17) is 5.73 Å². The molecule has 0 saturated carbocycles. The lowest BCUT2D eigenvalue weighted by Gasteiger charge is -2.20. The predicted octanol–water partition coefficient (Wildman–Crippen LogP) is 0.679. The van der Waals surface area contributed by atoms with E-state index in [1.807, 2.05) is 6.07 Å². The maximum absolute atomic E-state index is 11.6. The van der Waals surface area contributed by atoms with Crippen molar-refractivity contribution in [3.05, 3.63) is 24.2 Å². The van der Waals surface area contributed by atoms with Gasteiger partial charge in [0.1, 0.15) is 0 Å². The molecule has 102 valence electrons. The topological polar surface area (TPSA) is 90.3 Å². The first kappa shape index (κ1) is 12.4. The van der Waals surface area contributed by atoms with Crippen molar-refractivity contribution in [1.82, 2.24) is 14.6 Å². The molecule has 0 aliphatic carbocycles. The van der Waals surface area contributed by atoms with E-state index in [1.165, 1.54) is 0 Å². The Balaban J connectivity index is 1.81. The second-order valence-corrected chi connectivity index (χ2v) is 7.35. The molecule has 1 atom stereocenters. The van der Waals surface area contributed by atoms with Crippen molar-refractivity contribution < 1.29 is 8.42 Å². The van der Waals surface area contributed by atoms with Crippen LogP contribution in [0.4, 0.5) is 5.69 Å². The molecule has 0 aromatic carbocycles. The second kappa shape index (κ2) is 4.48. The van der Waals surface area contributed by atoms with Crippen LogP contribution >= 0.6 is 0 Å². The lowest BCUT2D eigenvalue weighted by Crippen LogP contribution is -2.26. The van der Waals surface area contributed by atoms with Crippen LogP contribution in [0.3, 0.4) is 0 Å². The van der Waals surface area contributed by atoms with Gasteiger partial charge in [0.25, 0.3) is 0 Å². The van der Waals surface area contributed by atoms with Crippen LogP contribution in [0.2, 0.25) is 0 Å². The average Bonchev–Trinajstić information content (AvgIpc) is 2.68. The van der Waals surface area contributed by atoms with Gasteiger partial charge in [-0.1, -0.05) is 0 Å². The zero-order valence-electron chi connectivity index (χ0n) is 10.5. The minimum Gasteiger partial charge on any atom is -0.397 e. The highest BCUT2D eigenvalue weighted by atomic mass is 32.2. The molecule has 7 heteroatoms. The second-order valence-electron chi connectivity index (χ2n) is 5.12. The molecule has 0 radical (unpaired) electrons. The van der Waals surface area contributed by atoms with Crippen molar-refractivity contribution >= 4 is 21.2 Å². The normalized spacial score (nSPS) is 22.6. The molecule has 1 aliphatic rings. The summed E-state index contributed by atoms with van der Waals surface area (Å²) in [7, 11) is -2.87. The van der Waals surface area contributed by atoms with E-state index < -0.39 is 9.84 Å². The Morgan fingerprint density at radius 1 is 1.42 bits per heavy atom. The standard InChI is InChI=1S/C12H16N4O2S/c13-10-3-4-12-14-11(15-16(12)7-10)6-9-2-1-5-19(17,18)8-9/h3-4,7,9H,1-2,5-6,8,13H2. The smallest absolute Gasteiger partial charge is 0.155 e. The van der Waals surface area contributed by atoms with E-state index in [9.17, 15) is 8.42 Å². The van der Waals surface area contributed by atoms with E-state index >= 15 is 0 Å². The van der Waals surface area contributed by atoms with Crippen LogP contribution in [0, 0.1) is 5.92 Å². The molecule has 0 spiro atoms. The summed E-state index contributed by atoms with van der Waals surface area (Å²) >= 11 is 0. The van der Waals surface area contributed by atoms with E-state index in [2.05, 4.69) is 10.1 Å². The van der Waals surface area contributed by atoms with Gasteiger partial charge in [0.2, 0.25) is 0 Å². The summed E-state index contributed by atoms with van der Waals surface area (Å²) < 4.78 is 24.9. The van der Waals surface area contributed by atoms with Crippen LogP contribution in [0.5, 0.6) is 0 Å². The van der Waals surface area contributed by atoms with Crippen LogP contribution in [0.15, 0.2) is 18.3 Å². The quantitative estimate of drug-likeness (QED) is 0.873. The molecule has 1 saturated heterocycles. The molecular weight excluding hydrogens is 264 g/mol. The molecule has 2 aromatic heterocycles. The molecule has 1 unspecified atom stereocenters. The summed E-state index contributed by atoms with van der Waals surface area (Å²) in [6.45, 7) is 0. The third-order valence-electron chi connectivity index (χ3n) is 3.43. The van der Waals surface area contributed by atoms with Crippen molar-refractivity contribution in [1.29, 1.82) is 0 Å². The summed E-state index contributed by atoms with van der Waals surface area (Å²) in [5, 5.41) is 4.35. The monoisotopic (exact) mass is 280 g/mol. The molecule has 1 fully saturated rings. The van der Waals surface area contributed by atoms with E-state index in [0.717, 1.165) is 18.5 Å². The van der Waals surface area contributed by atoms with Gasteiger partial charge in [-0.15, -0.1) is 0 Å². The number of nitrogen functional groups attached to an aromatic ring is 1. The van der Waals surface area contributed by atoms with E-state index in [1.54, 1.807) is 16.8 Å². The van der Waals surface area contributed by atoms with Gasteiger partial charge in [0.15, 0.2) is 21.3 Å². The van der Waals surface area contributed by atoms with Gasteiger partial charge in [-0.3, -0.25) is 0 Å². The van der Waals surface area contributed by atoms with Crippen LogP contribution in [0.25, 0.3) is 5.65 Å². The predicted molar refractivity (Wildman–Crippen MR) is 72.5 cm³/mol. The molecule has 2 N–H and O–H groups in total. The van der Waals surface area contributed by atoms with Crippen LogP contribution in [-0.2, 0) is 16.3 Å². The fourth-order valence-electron chi connectivity index (χ4n) is 2.57. The van der Waals surface area contributed by atoms with Crippen LogP contribution < -0.4 is 5.73 Å². The Morgan fingerprint density at radius 2 is 2.26 bits per heavy atom. The number of hydrogen-bond acceptors (Lipinski definition) is 5. The minimum atomic E-state index is -2.87. The number of anilines is 1. The third kappa shape index (κ3) is 2.70. The molecule has 3 rings (SSSR count). The van der Waals surface area contributed by atoms with Gasteiger partial charge in [-0.2, -0.15) is 5.10 Å². The maximum Gasteiger partial charge on any atom is 0.155 e. The number of aromatic nitrogens is 3. The maximum atomic E-state index is 11.6. The third-order valence-corrected chi connectivity index (χ3v) is 5.32. The summed E-state index contributed by atoms with van der Waals surface area (Å²) in [6.07, 6.45) is 3.99. The summed E-state index contributed by atoms with van der Waals surface area (Å²) in [5.41, 5.74) is 7.05. The number of rotatable bonds is 2. The van der Waals surface area contributed by atoms with Gasteiger partial charge < -0.3 is 5.73 Å². The zero-order chi connectivity index (χ0) is 13.5. The molecule has 0 bridgehead atoms. The lowest BCUT2D eigenvalue weighted by molar-refractivity contribution is 0.475. The van der Waals surface area contributed by atoms with Gasteiger partial charge in [0, 0.05) is 6.42 Å². The highest BCUT2D eigenvalue weighted by Crippen LogP contribution is 2.21. The van der Waals surface area contributed by atoms with Crippen molar-refractivity contribution in [3.8, 4) is 0 Å². The average molecular weight is 280 g/mol. The number of nitrogens with two attached hydrogens (primary N) is 1. The molecule has 6 nitrogen and oxygen atoms in total. The first-order valence-electron chi connectivity index (χ1n) is 6.33. The molecule has 0 amide bonds. The fraction of sp³-hybridized carbons (Fsp3) is 0.500. The Morgan fingerprint density at radius 3 is 3.05 bits per heavy atom. The number of nitrogens with zero attached hydrogens (tertiary/aromatic N) is 3. The first-order valence-corrected chi connectivity index (χ1v) is 8.15. The van der Waals surface area contributed by atoms with Crippen molar-refractivity contribution in [2.24, 2.45) is 5.92 Å². The van der Waals surface area contributed by atoms with Gasteiger partial charge in [-0.25, -0.2) is 17.9 Å². The Bertz CT molecular complexity index is 708. The Hall–Kier alpha value is -1.63. The summed E-state index contributed by atoms with van der Waals surface area (Å²) in [4.78, 5) is 4.40. The Kier molecular flexibility index (Phi) is 2.93. The molecular formula is C12H16N4O2S. The molecule has 3 heterocycles. The fourth-order valence-corrected chi connectivity index (χ4v) is 4.34. The van der Waals surface area contributed by atoms with E-state index in [0.29, 0.717) is 23.7 Å². The van der Waals surface area contributed by atoms with Crippen molar-refractivity contribution in [3.63, 3.8) is 0 Å². The lowest BCUT2D eigenvalue weighted by atomic mass is 10.0. The zero-order valence-corrected chi connectivity index (χ0v) is 11.3. The SMILES string of the molecule is Nc1ccc2nc(CC3CCCS(=O)(=O)C3)nn2c1. The number of hydrogen-bond donors (Lipinski definition) is 1. The minimum absolute atomic E-state index is 0.133. The van der Waals surface area contributed by atoms with Gasteiger partial charge in [0.05, 0.1) is 23.4 Å². The summed E-state index contributed by atoms with van der Waals surface area (Å²) in [6, 6.07) is 3.59. The van der Waals surface area contributed by atoms with Crippen molar-refractivity contribution in [2.45, 2.75) is 19.3 Å². The van der Waals surface area contributed by atoms with Gasteiger partial charge in [-0.05, 0) is 30.9 Å². The van der Waals surface area contributed by atoms with E-state index in [-0.39, 0.29) is 11.7 Å². The number of sulfone groups is 1. The summed E-state index contributed by atoms with van der Waals surface area (Å²) in [5.74, 6) is 1.39. The molecule has 2 aromatic rings. The largest absolute Gasteiger partial charge is 0.397 e. The van der Waals surface area contributed by atoms with Crippen LogP contribution in [0.1, 0.15) is 18.7 Å². The highest BCUT2D eigenvalue weighted by Gasteiger charge is 2.25. The van der Waals surface area contributed by atoms with Crippen molar-refractivity contribution in [2.75, 3.05) is 17.2 Å². The van der Waals surface area contributed by atoms with Gasteiger partial charge >= 0.3 is 0 Å². The number of pyridine rings is 1. The highest BCUT2D eigenvalue weighted by molar-refractivity contribution is 7.91. The van der Waals surface area contributed by atoms with Crippen LogP contribution in [-0.4, -0.2) is 34.5 Å². The first-order chi connectivity index (χ1) is 9.02. The molecule has 1 aliphatic heterocycles. The number of fused-ring (bicyclic) bond motifs is 1. The molecule has 19 heavy (non-hydrogen) atoms.